The molecule has 0 rings (SSSR count). The maximum atomic E-state index is 11.0. The molecule has 0 radical (unpaired) electrons. The van der Waals surface area contributed by atoms with Crippen LogP contribution in [0.2, 0.25) is 0 Å². The summed E-state index contributed by atoms with van der Waals surface area (Å²) in [4.78, 5) is 0. The van der Waals surface area contributed by atoms with Crippen LogP contribution >= 0.6 is 0 Å². The van der Waals surface area contributed by atoms with Crippen LogP contribution in [0.15, 0.2) is 0 Å². The predicted molar refractivity (Wildman–Crippen MR) is 63.5 cm³/mol. The minimum Gasteiger partial charge on any atom is -0.389 e. The molecule has 92 valence electrons. The molecule has 2 N–H and O–H groups in total. The molecule has 3 unspecified atom stereocenters. The molecule has 15 heavy (non-hydrogen) atoms. The Kier molecular flexibility index (Phi) is 9.29. The topological polar surface area (TPSA) is 58.6 Å². The lowest BCUT2D eigenvalue weighted by Gasteiger charge is -2.13. The lowest BCUT2D eigenvalue weighted by Crippen LogP contribution is -2.32. The van der Waals surface area contributed by atoms with Crippen molar-refractivity contribution in [2.75, 3.05) is 32.6 Å². The summed E-state index contributed by atoms with van der Waals surface area (Å²) in [6.07, 6.45) is 2.13. The first kappa shape index (κ1) is 15.0. The summed E-state index contributed by atoms with van der Waals surface area (Å²) in [6.45, 7) is 6.18. The van der Waals surface area contributed by atoms with Crippen molar-refractivity contribution < 1.29 is 14.1 Å². The fourth-order valence-electron chi connectivity index (χ4n) is 1.05. The summed E-state index contributed by atoms with van der Waals surface area (Å²) in [7, 11) is -0.757. The Labute approximate surface area is 94.9 Å². The van der Waals surface area contributed by atoms with Gasteiger partial charge in [-0.2, -0.15) is 0 Å². The zero-order valence-corrected chi connectivity index (χ0v) is 10.7. The van der Waals surface area contributed by atoms with Crippen LogP contribution in [0.3, 0.4) is 0 Å². The standard InChI is InChI=1S/C10H23NO3S/c1-4-14-8-10(12)7-11-6-5-9(2)15(3)13/h9-12H,4-8H2,1-3H3. The molecule has 0 aromatic carbocycles. The van der Waals surface area contributed by atoms with E-state index in [0.29, 0.717) is 19.8 Å². The second-order valence-corrected chi connectivity index (χ2v) is 5.42. The molecule has 4 nitrogen and oxygen atoms in total. The first-order chi connectivity index (χ1) is 7.07. The molecule has 0 spiro atoms. The summed E-state index contributed by atoms with van der Waals surface area (Å²) in [5.74, 6) is 0. The van der Waals surface area contributed by atoms with Crippen molar-refractivity contribution >= 4 is 10.8 Å². The van der Waals surface area contributed by atoms with Crippen molar-refractivity contribution in [3.8, 4) is 0 Å². The van der Waals surface area contributed by atoms with Crippen LogP contribution < -0.4 is 5.32 Å². The molecule has 0 aliphatic heterocycles. The Morgan fingerprint density at radius 2 is 2.20 bits per heavy atom. The van der Waals surface area contributed by atoms with Crippen LogP contribution in [0.25, 0.3) is 0 Å². The quantitative estimate of drug-likeness (QED) is 0.560. The van der Waals surface area contributed by atoms with Crippen LogP contribution in [-0.2, 0) is 15.5 Å². The molecule has 0 aromatic heterocycles. The Balaban J connectivity index is 3.33. The number of rotatable bonds is 9. The zero-order chi connectivity index (χ0) is 11.7. The Morgan fingerprint density at radius 3 is 2.73 bits per heavy atom. The van der Waals surface area contributed by atoms with E-state index in [0.717, 1.165) is 13.0 Å². The van der Waals surface area contributed by atoms with Crippen molar-refractivity contribution in [3.05, 3.63) is 0 Å². The molecular weight excluding hydrogens is 214 g/mol. The van der Waals surface area contributed by atoms with Crippen LogP contribution in [0, 0.1) is 0 Å². The minimum atomic E-state index is -0.757. The fourth-order valence-corrected chi connectivity index (χ4v) is 1.50. The van der Waals surface area contributed by atoms with E-state index >= 15 is 0 Å². The van der Waals surface area contributed by atoms with Crippen LogP contribution in [0.5, 0.6) is 0 Å². The maximum absolute atomic E-state index is 11.0. The molecule has 0 amide bonds. The van der Waals surface area contributed by atoms with Gasteiger partial charge >= 0.3 is 0 Å². The normalized spacial score (nSPS) is 17.3. The SMILES string of the molecule is CCOCC(O)CNCCC(C)S(C)=O. The van der Waals surface area contributed by atoms with E-state index in [9.17, 15) is 9.32 Å². The molecule has 0 aliphatic carbocycles. The highest BCUT2D eigenvalue weighted by molar-refractivity contribution is 7.84. The number of aliphatic hydroxyl groups is 1. The molecule has 0 bridgehead atoms. The van der Waals surface area contributed by atoms with Crippen LogP contribution in [-0.4, -0.2) is 53.2 Å². The van der Waals surface area contributed by atoms with Gasteiger partial charge in [0.2, 0.25) is 0 Å². The third-order valence-electron chi connectivity index (χ3n) is 2.19. The lowest BCUT2D eigenvalue weighted by atomic mass is 10.3. The van der Waals surface area contributed by atoms with Gasteiger partial charge in [-0.15, -0.1) is 0 Å². The van der Waals surface area contributed by atoms with Gasteiger partial charge in [-0.3, -0.25) is 4.21 Å². The van der Waals surface area contributed by atoms with Gasteiger partial charge in [-0.25, -0.2) is 0 Å². The highest BCUT2D eigenvalue weighted by Gasteiger charge is 2.06. The molecule has 3 atom stereocenters. The molecule has 0 saturated heterocycles. The molecule has 0 heterocycles. The minimum absolute atomic E-state index is 0.210. The van der Waals surface area contributed by atoms with E-state index < -0.39 is 16.9 Å². The zero-order valence-electron chi connectivity index (χ0n) is 9.86. The van der Waals surface area contributed by atoms with Gasteiger partial charge in [-0.05, 0) is 19.9 Å². The molecule has 0 aromatic rings. The van der Waals surface area contributed by atoms with E-state index in [1.54, 1.807) is 6.26 Å². The van der Waals surface area contributed by atoms with Crippen molar-refractivity contribution in [1.82, 2.24) is 5.32 Å². The third kappa shape index (κ3) is 8.99. The summed E-state index contributed by atoms with van der Waals surface area (Å²) in [5.41, 5.74) is 0. The molecular formula is C10H23NO3S. The fraction of sp³-hybridized carbons (Fsp3) is 1.00. The number of ether oxygens (including phenoxy) is 1. The second kappa shape index (κ2) is 9.27. The Hall–Kier alpha value is 0.0300. The molecule has 0 saturated carbocycles. The first-order valence-electron chi connectivity index (χ1n) is 5.36. The summed E-state index contributed by atoms with van der Waals surface area (Å²) in [6, 6.07) is 0. The van der Waals surface area contributed by atoms with Crippen molar-refractivity contribution in [2.24, 2.45) is 0 Å². The van der Waals surface area contributed by atoms with Crippen molar-refractivity contribution in [2.45, 2.75) is 31.6 Å². The van der Waals surface area contributed by atoms with Gasteiger partial charge in [0.05, 0.1) is 12.7 Å². The molecule has 5 heteroatoms. The summed E-state index contributed by atoms with van der Waals surface area (Å²) < 4.78 is 16.1. The van der Waals surface area contributed by atoms with Gasteiger partial charge in [0.1, 0.15) is 0 Å². The van der Waals surface area contributed by atoms with Gasteiger partial charge in [0.25, 0.3) is 0 Å². The van der Waals surface area contributed by atoms with E-state index in [2.05, 4.69) is 5.32 Å². The highest BCUT2D eigenvalue weighted by atomic mass is 32.2. The van der Waals surface area contributed by atoms with Crippen LogP contribution in [0.4, 0.5) is 0 Å². The second-order valence-electron chi connectivity index (χ2n) is 3.62. The first-order valence-corrected chi connectivity index (χ1v) is 6.98. The largest absolute Gasteiger partial charge is 0.389 e. The highest BCUT2D eigenvalue weighted by Crippen LogP contribution is 1.97. The number of nitrogens with one attached hydrogen (secondary N) is 1. The monoisotopic (exact) mass is 237 g/mol. The lowest BCUT2D eigenvalue weighted by molar-refractivity contribution is 0.0429. The van der Waals surface area contributed by atoms with Gasteiger partial charge in [-0.1, -0.05) is 6.92 Å². The van der Waals surface area contributed by atoms with Gasteiger partial charge in [0, 0.05) is 35.5 Å². The van der Waals surface area contributed by atoms with Crippen LogP contribution in [0.1, 0.15) is 20.3 Å². The van der Waals surface area contributed by atoms with E-state index in [1.165, 1.54) is 0 Å². The average Bonchev–Trinajstić information content (AvgIpc) is 2.20. The number of aliphatic hydroxyl groups excluding tert-OH is 1. The van der Waals surface area contributed by atoms with E-state index in [1.807, 2.05) is 13.8 Å². The van der Waals surface area contributed by atoms with E-state index in [-0.39, 0.29) is 5.25 Å². The Morgan fingerprint density at radius 1 is 1.53 bits per heavy atom. The number of hydrogen-bond acceptors (Lipinski definition) is 4. The van der Waals surface area contributed by atoms with Crippen molar-refractivity contribution in [1.29, 1.82) is 0 Å². The maximum Gasteiger partial charge on any atom is 0.0897 e. The Bertz CT molecular complexity index is 178. The number of hydrogen-bond donors (Lipinski definition) is 2. The molecule has 0 aliphatic rings. The molecule has 0 fully saturated rings. The smallest absolute Gasteiger partial charge is 0.0897 e. The predicted octanol–water partition coefficient (Wildman–Crippen LogP) is 0.131. The third-order valence-corrected chi connectivity index (χ3v) is 3.56. The van der Waals surface area contributed by atoms with Gasteiger partial charge in [0.15, 0.2) is 0 Å². The van der Waals surface area contributed by atoms with Crippen molar-refractivity contribution in [3.63, 3.8) is 0 Å². The summed E-state index contributed by atoms with van der Waals surface area (Å²) >= 11 is 0. The summed E-state index contributed by atoms with van der Waals surface area (Å²) in [5, 5.41) is 12.7. The average molecular weight is 237 g/mol. The van der Waals surface area contributed by atoms with Gasteiger partial charge < -0.3 is 15.2 Å². The van der Waals surface area contributed by atoms with E-state index in [4.69, 9.17) is 4.74 Å².